The minimum atomic E-state index is 0.728. The average Bonchev–Trinajstić information content (AvgIpc) is 2.92. The van der Waals surface area contributed by atoms with E-state index in [0.29, 0.717) is 0 Å². The Hall–Kier alpha value is -1.99. The lowest BCUT2D eigenvalue weighted by molar-refractivity contribution is 0.122. The van der Waals surface area contributed by atoms with Crippen molar-refractivity contribution in [3.63, 3.8) is 0 Å². The molecule has 7 nitrogen and oxygen atoms in total. The SMILES string of the molecule is Cc1nc(CN2CCc3ncnc(N4CCOCC4)c3C2)oc1C. The van der Waals surface area contributed by atoms with E-state index < -0.39 is 0 Å². The number of aromatic nitrogens is 3. The smallest absolute Gasteiger partial charge is 0.208 e. The van der Waals surface area contributed by atoms with E-state index in [0.717, 1.165) is 75.5 Å². The van der Waals surface area contributed by atoms with Crippen LogP contribution in [-0.2, 0) is 24.2 Å². The van der Waals surface area contributed by atoms with Crippen LogP contribution in [0.15, 0.2) is 10.7 Å². The van der Waals surface area contributed by atoms with E-state index in [-0.39, 0.29) is 0 Å². The molecule has 2 aromatic rings. The van der Waals surface area contributed by atoms with Crippen molar-refractivity contribution in [2.45, 2.75) is 33.4 Å². The van der Waals surface area contributed by atoms with Crippen LogP contribution in [0.4, 0.5) is 5.82 Å². The second-order valence-corrected chi connectivity index (χ2v) is 6.43. The summed E-state index contributed by atoms with van der Waals surface area (Å²) in [5.74, 6) is 2.76. The molecule has 2 aliphatic heterocycles. The molecule has 0 aliphatic carbocycles. The number of aryl methyl sites for hydroxylation is 2. The van der Waals surface area contributed by atoms with Crippen molar-refractivity contribution in [1.82, 2.24) is 19.9 Å². The predicted octanol–water partition coefficient (Wildman–Crippen LogP) is 1.48. The zero-order chi connectivity index (χ0) is 16.5. The second-order valence-electron chi connectivity index (χ2n) is 6.43. The zero-order valence-electron chi connectivity index (χ0n) is 14.3. The quantitative estimate of drug-likeness (QED) is 0.845. The van der Waals surface area contributed by atoms with E-state index in [1.807, 2.05) is 13.8 Å². The highest BCUT2D eigenvalue weighted by Gasteiger charge is 2.25. The van der Waals surface area contributed by atoms with Crippen LogP contribution in [0.3, 0.4) is 0 Å². The number of nitrogens with zero attached hydrogens (tertiary/aromatic N) is 5. The summed E-state index contributed by atoms with van der Waals surface area (Å²) in [6.07, 6.45) is 2.63. The summed E-state index contributed by atoms with van der Waals surface area (Å²) in [4.78, 5) is 18.2. The summed E-state index contributed by atoms with van der Waals surface area (Å²) in [5, 5.41) is 0. The molecule has 0 amide bonds. The standard InChI is InChI=1S/C17H23N5O2/c1-12-13(2)24-16(20-12)10-21-4-3-15-14(9-21)17(19-11-18-15)22-5-7-23-8-6-22/h11H,3-10H2,1-2H3. The first kappa shape index (κ1) is 15.5. The maximum atomic E-state index is 5.74. The first-order valence-corrected chi connectivity index (χ1v) is 8.51. The highest BCUT2D eigenvalue weighted by molar-refractivity contribution is 5.49. The molecule has 2 aromatic heterocycles. The van der Waals surface area contributed by atoms with E-state index >= 15 is 0 Å². The maximum absolute atomic E-state index is 5.74. The van der Waals surface area contributed by atoms with Gasteiger partial charge in [-0.1, -0.05) is 0 Å². The number of oxazole rings is 1. The molecule has 4 rings (SSSR count). The molecule has 0 atom stereocenters. The molecule has 2 aliphatic rings. The Kier molecular flexibility index (Phi) is 4.20. The zero-order valence-corrected chi connectivity index (χ0v) is 14.3. The minimum Gasteiger partial charge on any atom is -0.444 e. The van der Waals surface area contributed by atoms with Gasteiger partial charge < -0.3 is 14.1 Å². The van der Waals surface area contributed by atoms with E-state index in [9.17, 15) is 0 Å². The third kappa shape index (κ3) is 3.01. The van der Waals surface area contributed by atoms with Gasteiger partial charge in [0.05, 0.1) is 31.1 Å². The van der Waals surface area contributed by atoms with Crippen molar-refractivity contribution in [2.24, 2.45) is 0 Å². The molecule has 0 radical (unpaired) electrons. The third-order valence-corrected chi connectivity index (χ3v) is 4.80. The van der Waals surface area contributed by atoms with Crippen molar-refractivity contribution in [2.75, 3.05) is 37.7 Å². The van der Waals surface area contributed by atoms with Crippen LogP contribution in [0.25, 0.3) is 0 Å². The highest BCUT2D eigenvalue weighted by Crippen LogP contribution is 2.27. The fraction of sp³-hybridized carbons (Fsp3) is 0.588. The van der Waals surface area contributed by atoms with Gasteiger partial charge in [0.15, 0.2) is 0 Å². The number of ether oxygens (including phenoxy) is 1. The predicted molar refractivity (Wildman–Crippen MR) is 88.9 cm³/mol. The van der Waals surface area contributed by atoms with Gasteiger partial charge in [-0.2, -0.15) is 0 Å². The molecule has 0 N–H and O–H groups in total. The van der Waals surface area contributed by atoms with Gasteiger partial charge in [-0.3, -0.25) is 4.90 Å². The van der Waals surface area contributed by atoms with Crippen molar-refractivity contribution in [3.8, 4) is 0 Å². The van der Waals surface area contributed by atoms with Crippen molar-refractivity contribution >= 4 is 5.82 Å². The molecule has 4 heterocycles. The molecule has 0 aromatic carbocycles. The third-order valence-electron chi connectivity index (χ3n) is 4.80. The van der Waals surface area contributed by atoms with Gasteiger partial charge in [-0.15, -0.1) is 0 Å². The summed E-state index contributed by atoms with van der Waals surface area (Å²) in [5.41, 5.74) is 3.38. The van der Waals surface area contributed by atoms with Gasteiger partial charge in [0.1, 0.15) is 17.9 Å². The van der Waals surface area contributed by atoms with Gasteiger partial charge in [-0.05, 0) is 13.8 Å². The molecule has 0 spiro atoms. The molecule has 24 heavy (non-hydrogen) atoms. The number of rotatable bonds is 3. The average molecular weight is 329 g/mol. The molecule has 1 saturated heterocycles. The Balaban J connectivity index is 1.54. The molecule has 7 heteroatoms. The van der Waals surface area contributed by atoms with Crippen molar-refractivity contribution < 1.29 is 9.15 Å². The topological polar surface area (TPSA) is 67.5 Å². The Morgan fingerprint density at radius 3 is 2.71 bits per heavy atom. The minimum absolute atomic E-state index is 0.728. The summed E-state index contributed by atoms with van der Waals surface area (Å²) in [7, 11) is 0. The molecule has 128 valence electrons. The van der Waals surface area contributed by atoms with E-state index in [4.69, 9.17) is 9.15 Å². The van der Waals surface area contributed by atoms with E-state index in [1.165, 1.54) is 11.3 Å². The van der Waals surface area contributed by atoms with Crippen LogP contribution in [0.1, 0.15) is 28.6 Å². The number of morpholine rings is 1. The van der Waals surface area contributed by atoms with Crippen LogP contribution >= 0.6 is 0 Å². The Morgan fingerprint density at radius 1 is 1.12 bits per heavy atom. The Bertz CT molecular complexity index is 704. The van der Waals surface area contributed by atoms with E-state index in [2.05, 4.69) is 24.8 Å². The molecular weight excluding hydrogens is 306 g/mol. The van der Waals surface area contributed by atoms with Crippen molar-refractivity contribution in [3.05, 3.63) is 34.9 Å². The summed E-state index contributed by atoms with van der Waals surface area (Å²) >= 11 is 0. The lowest BCUT2D eigenvalue weighted by Crippen LogP contribution is -2.39. The lowest BCUT2D eigenvalue weighted by Gasteiger charge is -2.33. The number of hydrogen-bond acceptors (Lipinski definition) is 7. The normalized spacial score (nSPS) is 18.7. The van der Waals surface area contributed by atoms with E-state index in [1.54, 1.807) is 6.33 Å². The molecule has 1 fully saturated rings. The fourth-order valence-corrected chi connectivity index (χ4v) is 3.36. The fourth-order valence-electron chi connectivity index (χ4n) is 3.36. The van der Waals surface area contributed by atoms with Crippen LogP contribution in [0, 0.1) is 13.8 Å². The van der Waals surface area contributed by atoms with Crippen molar-refractivity contribution in [1.29, 1.82) is 0 Å². The van der Waals surface area contributed by atoms with Gasteiger partial charge in [0.2, 0.25) is 5.89 Å². The first-order valence-electron chi connectivity index (χ1n) is 8.51. The summed E-state index contributed by atoms with van der Waals surface area (Å²) in [6.45, 7) is 9.78. The monoisotopic (exact) mass is 329 g/mol. The van der Waals surface area contributed by atoms with Crippen LogP contribution in [0.5, 0.6) is 0 Å². The highest BCUT2D eigenvalue weighted by atomic mass is 16.5. The van der Waals surface area contributed by atoms with Crippen LogP contribution in [0.2, 0.25) is 0 Å². The van der Waals surface area contributed by atoms with Gasteiger partial charge in [0, 0.05) is 38.2 Å². The molecular formula is C17H23N5O2. The second kappa shape index (κ2) is 6.49. The molecule has 0 unspecified atom stereocenters. The summed E-state index contributed by atoms with van der Waals surface area (Å²) in [6, 6.07) is 0. The Morgan fingerprint density at radius 2 is 1.96 bits per heavy atom. The largest absolute Gasteiger partial charge is 0.444 e. The lowest BCUT2D eigenvalue weighted by atomic mass is 10.1. The first-order chi connectivity index (χ1) is 11.7. The number of anilines is 1. The number of hydrogen-bond donors (Lipinski definition) is 0. The van der Waals surface area contributed by atoms with Gasteiger partial charge in [0.25, 0.3) is 0 Å². The molecule has 0 saturated carbocycles. The molecule has 0 bridgehead atoms. The van der Waals surface area contributed by atoms with Crippen LogP contribution < -0.4 is 4.90 Å². The van der Waals surface area contributed by atoms with Gasteiger partial charge >= 0.3 is 0 Å². The summed E-state index contributed by atoms with van der Waals surface area (Å²) < 4.78 is 11.2. The van der Waals surface area contributed by atoms with Gasteiger partial charge in [-0.25, -0.2) is 15.0 Å². The van der Waals surface area contributed by atoms with Crippen LogP contribution in [-0.4, -0.2) is 52.7 Å². The maximum Gasteiger partial charge on any atom is 0.208 e. The Labute approximate surface area is 141 Å². The number of fused-ring (bicyclic) bond motifs is 1.